The third kappa shape index (κ3) is 7.95. The standard InChI is InChI=1S/C23H29NO5/c1-22(2,3)27-20(25)17-10-12-19(13-11-17)24-15-16-8-7-9-18(14-16)21(26)28-29-23(4,5)6/h7-14,24H,15H2,1-6H3. The highest BCUT2D eigenvalue weighted by molar-refractivity contribution is 5.90. The molecule has 0 atom stereocenters. The maximum atomic E-state index is 12.1. The Kier molecular flexibility index (Phi) is 7.03. The van der Waals surface area contributed by atoms with Crippen LogP contribution in [0.5, 0.6) is 0 Å². The third-order valence-electron chi connectivity index (χ3n) is 3.55. The summed E-state index contributed by atoms with van der Waals surface area (Å²) >= 11 is 0. The molecule has 2 rings (SSSR count). The molecule has 29 heavy (non-hydrogen) atoms. The van der Waals surface area contributed by atoms with Crippen LogP contribution in [0.15, 0.2) is 48.5 Å². The van der Waals surface area contributed by atoms with Crippen molar-refractivity contribution in [2.24, 2.45) is 0 Å². The van der Waals surface area contributed by atoms with Gasteiger partial charge in [0.05, 0.1) is 11.1 Å². The number of esters is 1. The number of anilines is 1. The summed E-state index contributed by atoms with van der Waals surface area (Å²) < 4.78 is 5.36. The second-order valence-electron chi connectivity index (χ2n) is 8.70. The zero-order chi connectivity index (χ0) is 21.7. The molecule has 2 aromatic rings. The van der Waals surface area contributed by atoms with E-state index >= 15 is 0 Å². The number of nitrogens with one attached hydrogen (secondary N) is 1. The molecule has 0 saturated carbocycles. The molecule has 0 aliphatic heterocycles. The number of carbonyl (C=O) groups excluding carboxylic acids is 2. The van der Waals surface area contributed by atoms with E-state index in [4.69, 9.17) is 14.5 Å². The quantitative estimate of drug-likeness (QED) is 0.412. The zero-order valence-corrected chi connectivity index (χ0v) is 17.9. The van der Waals surface area contributed by atoms with Gasteiger partial charge in [0, 0.05) is 12.2 Å². The number of hydrogen-bond donors (Lipinski definition) is 1. The Hall–Kier alpha value is -2.86. The van der Waals surface area contributed by atoms with E-state index in [1.54, 1.807) is 51.1 Å². The predicted molar refractivity (Wildman–Crippen MR) is 112 cm³/mol. The molecule has 0 spiro atoms. The van der Waals surface area contributed by atoms with Crippen LogP contribution in [-0.4, -0.2) is 23.1 Å². The van der Waals surface area contributed by atoms with Gasteiger partial charge >= 0.3 is 11.9 Å². The van der Waals surface area contributed by atoms with Crippen LogP contribution in [-0.2, 0) is 21.1 Å². The Morgan fingerprint density at radius 3 is 2.07 bits per heavy atom. The second kappa shape index (κ2) is 9.09. The van der Waals surface area contributed by atoms with Gasteiger partial charge in [0.2, 0.25) is 0 Å². The molecule has 0 aliphatic rings. The van der Waals surface area contributed by atoms with Gasteiger partial charge in [0.25, 0.3) is 0 Å². The molecule has 6 heteroatoms. The van der Waals surface area contributed by atoms with Gasteiger partial charge < -0.3 is 10.1 Å². The van der Waals surface area contributed by atoms with Gasteiger partial charge in [0.15, 0.2) is 0 Å². The molecular weight excluding hydrogens is 370 g/mol. The first-order valence-corrected chi connectivity index (χ1v) is 9.49. The Labute approximate surface area is 172 Å². The molecule has 0 fully saturated rings. The monoisotopic (exact) mass is 399 g/mol. The largest absolute Gasteiger partial charge is 0.456 e. The van der Waals surface area contributed by atoms with Gasteiger partial charge in [-0.1, -0.05) is 12.1 Å². The average molecular weight is 399 g/mol. The Morgan fingerprint density at radius 2 is 1.48 bits per heavy atom. The van der Waals surface area contributed by atoms with E-state index in [0.29, 0.717) is 17.7 Å². The average Bonchev–Trinajstić information content (AvgIpc) is 2.63. The van der Waals surface area contributed by atoms with Crippen LogP contribution in [0.25, 0.3) is 0 Å². The van der Waals surface area contributed by atoms with Crippen LogP contribution in [0.1, 0.15) is 67.8 Å². The topological polar surface area (TPSA) is 73.9 Å². The molecule has 156 valence electrons. The summed E-state index contributed by atoms with van der Waals surface area (Å²) in [7, 11) is 0. The lowest BCUT2D eigenvalue weighted by atomic mass is 10.1. The lowest BCUT2D eigenvalue weighted by Gasteiger charge is -2.19. The fourth-order valence-corrected chi connectivity index (χ4v) is 2.28. The molecule has 0 aliphatic carbocycles. The Balaban J connectivity index is 1.94. The first kappa shape index (κ1) is 22.4. The number of rotatable bonds is 6. The molecule has 0 saturated heterocycles. The molecular formula is C23H29NO5. The first-order valence-electron chi connectivity index (χ1n) is 9.49. The van der Waals surface area contributed by atoms with Gasteiger partial charge in [-0.25, -0.2) is 9.59 Å². The van der Waals surface area contributed by atoms with Crippen LogP contribution >= 0.6 is 0 Å². The molecule has 0 bridgehead atoms. The maximum absolute atomic E-state index is 12.1. The van der Waals surface area contributed by atoms with Gasteiger partial charge in [-0.3, -0.25) is 4.89 Å². The van der Waals surface area contributed by atoms with E-state index in [-0.39, 0.29) is 5.97 Å². The summed E-state index contributed by atoms with van der Waals surface area (Å²) in [5.41, 5.74) is 1.56. The number of hydrogen-bond acceptors (Lipinski definition) is 6. The van der Waals surface area contributed by atoms with Crippen molar-refractivity contribution in [2.75, 3.05) is 5.32 Å². The van der Waals surface area contributed by atoms with E-state index < -0.39 is 17.2 Å². The fraction of sp³-hybridized carbons (Fsp3) is 0.391. The molecule has 0 heterocycles. The maximum Gasteiger partial charge on any atom is 0.373 e. The highest BCUT2D eigenvalue weighted by atomic mass is 17.2. The molecule has 0 aromatic heterocycles. The third-order valence-corrected chi connectivity index (χ3v) is 3.55. The predicted octanol–water partition coefficient (Wildman–Crippen LogP) is 5.14. The molecule has 0 amide bonds. The van der Waals surface area contributed by atoms with E-state index in [1.807, 2.05) is 39.0 Å². The van der Waals surface area contributed by atoms with Gasteiger partial charge in [0.1, 0.15) is 11.2 Å². The summed E-state index contributed by atoms with van der Waals surface area (Å²) in [5.74, 6) is -0.892. The van der Waals surface area contributed by atoms with Crippen molar-refractivity contribution in [1.29, 1.82) is 0 Å². The minimum absolute atomic E-state index is 0.354. The van der Waals surface area contributed by atoms with Crippen molar-refractivity contribution in [3.63, 3.8) is 0 Å². The summed E-state index contributed by atoms with van der Waals surface area (Å²) in [6, 6.07) is 14.2. The van der Waals surface area contributed by atoms with Crippen LogP contribution in [0.2, 0.25) is 0 Å². The fourth-order valence-electron chi connectivity index (χ4n) is 2.28. The number of carbonyl (C=O) groups is 2. The normalized spacial score (nSPS) is 11.7. The number of ether oxygens (including phenoxy) is 1. The minimum atomic E-state index is -0.569. The van der Waals surface area contributed by atoms with E-state index in [9.17, 15) is 9.59 Å². The van der Waals surface area contributed by atoms with Crippen molar-refractivity contribution < 1.29 is 24.1 Å². The Bertz CT molecular complexity index is 845. The van der Waals surface area contributed by atoms with Crippen molar-refractivity contribution in [1.82, 2.24) is 0 Å². The van der Waals surface area contributed by atoms with Crippen LogP contribution in [0.4, 0.5) is 5.69 Å². The highest BCUT2D eigenvalue weighted by Crippen LogP contribution is 2.16. The SMILES string of the molecule is CC(C)(C)OOC(=O)c1cccc(CNc2ccc(C(=O)OC(C)(C)C)cc2)c1. The Morgan fingerprint density at radius 1 is 0.828 bits per heavy atom. The first-order chi connectivity index (χ1) is 13.4. The minimum Gasteiger partial charge on any atom is -0.456 e. The summed E-state index contributed by atoms with van der Waals surface area (Å²) in [5, 5.41) is 3.26. The van der Waals surface area contributed by atoms with Crippen LogP contribution < -0.4 is 5.32 Å². The molecule has 1 N–H and O–H groups in total. The van der Waals surface area contributed by atoms with E-state index in [0.717, 1.165) is 11.3 Å². The van der Waals surface area contributed by atoms with E-state index in [1.165, 1.54) is 0 Å². The molecule has 2 aromatic carbocycles. The lowest BCUT2D eigenvalue weighted by molar-refractivity contribution is -0.301. The van der Waals surface area contributed by atoms with Crippen molar-refractivity contribution >= 4 is 17.6 Å². The zero-order valence-electron chi connectivity index (χ0n) is 17.9. The second-order valence-corrected chi connectivity index (χ2v) is 8.70. The number of benzene rings is 2. The highest BCUT2D eigenvalue weighted by Gasteiger charge is 2.18. The van der Waals surface area contributed by atoms with Crippen LogP contribution in [0.3, 0.4) is 0 Å². The smallest absolute Gasteiger partial charge is 0.373 e. The van der Waals surface area contributed by atoms with E-state index in [2.05, 4.69) is 5.32 Å². The van der Waals surface area contributed by atoms with Gasteiger partial charge in [-0.2, -0.15) is 4.89 Å². The summed E-state index contributed by atoms with van der Waals surface area (Å²) in [4.78, 5) is 34.1. The summed E-state index contributed by atoms with van der Waals surface area (Å²) in [6.45, 7) is 11.4. The van der Waals surface area contributed by atoms with Gasteiger partial charge in [-0.05, 0) is 83.5 Å². The molecule has 6 nitrogen and oxygen atoms in total. The lowest BCUT2D eigenvalue weighted by Crippen LogP contribution is -2.23. The summed E-state index contributed by atoms with van der Waals surface area (Å²) in [6.07, 6.45) is 0. The van der Waals surface area contributed by atoms with Crippen molar-refractivity contribution in [3.05, 3.63) is 65.2 Å². The van der Waals surface area contributed by atoms with Crippen molar-refractivity contribution in [3.8, 4) is 0 Å². The molecule has 0 radical (unpaired) electrons. The van der Waals surface area contributed by atoms with Crippen LogP contribution in [0, 0.1) is 0 Å². The molecule has 0 unspecified atom stereocenters. The van der Waals surface area contributed by atoms with Crippen molar-refractivity contribution in [2.45, 2.75) is 59.3 Å². The van der Waals surface area contributed by atoms with Gasteiger partial charge in [-0.15, -0.1) is 0 Å².